The zero-order valence-corrected chi connectivity index (χ0v) is 14.5. The third-order valence-corrected chi connectivity index (χ3v) is 4.27. The van der Waals surface area contributed by atoms with E-state index in [0.717, 1.165) is 12.1 Å². The molecule has 0 saturated heterocycles. The molecule has 1 aliphatic carbocycles. The lowest BCUT2D eigenvalue weighted by molar-refractivity contribution is -0.120. The van der Waals surface area contributed by atoms with Crippen LogP contribution in [-0.2, 0) is 11.2 Å². The fourth-order valence-corrected chi connectivity index (χ4v) is 2.94. The summed E-state index contributed by atoms with van der Waals surface area (Å²) in [6.07, 6.45) is 8.38. The lowest BCUT2D eigenvalue weighted by atomic mass is 10.1. The minimum Gasteiger partial charge on any atom is -0.355 e. The number of carbonyl (C=O) groups is 1. The molecular weight excluding hydrogens is 319 g/mol. The second-order valence-electron chi connectivity index (χ2n) is 5.80. The number of hydrogen-bond donors (Lipinski definition) is 2. The highest BCUT2D eigenvalue weighted by Gasteiger charge is 2.11. The lowest BCUT2D eigenvalue weighted by Gasteiger charge is -2.16. The highest BCUT2D eigenvalue weighted by Crippen LogP contribution is 2.16. The van der Waals surface area contributed by atoms with E-state index in [1.165, 1.54) is 38.5 Å². The number of carbonyl (C=O) groups excluding carboxylic acids is 1. The first-order valence-corrected chi connectivity index (χ1v) is 8.36. The normalized spacial score (nSPS) is 15.7. The van der Waals surface area contributed by atoms with Crippen LogP contribution < -0.4 is 10.6 Å². The molecule has 0 aliphatic heterocycles. The first-order chi connectivity index (χ1) is 10.2. The predicted octanol–water partition coefficient (Wildman–Crippen LogP) is 3.73. The molecule has 22 heavy (non-hydrogen) atoms. The van der Waals surface area contributed by atoms with Crippen molar-refractivity contribution < 1.29 is 4.79 Å². The van der Waals surface area contributed by atoms with Crippen LogP contribution in [-0.4, -0.2) is 25.0 Å². The topological polar surface area (TPSA) is 41.1 Å². The Kier molecular flexibility index (Phi) is 9.53. The Morgan fingerprint density at radius 1 is 1.05 bits per heavy atom. The molecule has 2 N–H and O–H groups in total. The van der Waals surface area contributed by atoms with E-state index in [2.05, 4.69) is 10.6 Å². The number of halogens is 2. The second kappa shape index (κ2) is 10.9. The van der Waals surface area contributed by atoms with E-state index in [9.17, 15) is 4.79 Å². The summed E-state index contributed by atoms with van der Waals surface area (Å²) in [4.78, 5) is 11.8. The molecule has 3 nitrogen and oxygen atoms in total. The van der Waals surface area contributed by atoms with Crippen molar-refractivity contribution in [3.05, 3.63) is 34.9 Å². The number of rotatable bonds is 6. The van der Waals surface area contributed by atoms with Crippen LogP contribution in [0.3, 0.4) is 0 Å². The first kappa shape index (κ1) is 19.3. The van der Waals surface area contributed by atoms with Gasteiger partial charge in [-0.1, -0.05) is 49.4 Å². The molecule has 1 aliphatic rings. The van der Waals surface area contributed by atoms with E-state index < -0.39 is 0 Å². The van der Waals surface area contributed by atoms with Crippen molar-refractivity contribution in [3.8, 4) is 0 Å². The molecular formula is C17H26Cl2N2O. The SMILES string of the molecule is Cl.O=C(Cc1ccc(Cl)cc1)NCCNC1CCCCCC1. The minimum absolute atomic E-state index is 0. The van der Waals surface area contributed by atoms with Crippen molar-refractivity contribution in [2.75, 3.05) is 13.1 Å². The smallest absolute Gasteiger partial charge is 0.224 e. The van der Waals surface area contributed by atoms with E-state index in [0.29, 0.717) is 24.0 Å². The monoisotopic (exact) mass is 344 g/mol. The lowest BCUT2D eigenvalue weighted by Crippen LogP contribution is -2.37. The van der Waals surface area contributed by atoms with Gasteiger partial charge in [-0.2, -0.15) is 0 Å². The number of amides is 1. The van der Waals surface area contributed by atoms with Crippen molar-refractivity contribution in [2.24, 2.45) is 0 Å². The number of benzene rings is 1. The average molecular weight is 345 g/mol. The molecule has 0 heterocycles. The van der Waals surface area contributed by atoms with E-state index in [-0.39, 0.29) is 18.3 Å². The van der Waals surface area contributed by atoms with E-state index >= 15 is 0 Å². The molecule has 1 amide bonds. The Balaban J connectivity index is 0.00000242. The Morgan fingerprint density at radius 2 is 1.68 bits per heavy atom. The Bertz CT molecular complexity index is 429. The fourth-order valence-electron chi connectivity index (χ4n) is 2.81. The van der Waals surface area contributed by atoms with Crippen LogP contribution in [0.2, 0.25) is 5.02 Å². The van der Waals surface area contributed by atoms with Crippen molar-refractivity contribution in [1.29, 1.82) is 0 Å². The van der Waals surface area contributed by atoms with E-state index in [1.807, 2.05) is 24.3 Å². The molecule has 0 spiro atoms. The number of nitrogens with one attached hydrogen (secondary N) is 2. The largest absolute Gasteiger partial charge is 0.355 e. The molecule has 0 radical (unpaired) electrons. The standard InChI is InChI=1S/C17H25ClN2O.ClH/c18-15-9-7-14(8-10-15)13-17(21)20-12-11-19-16-5-3-1-2-4-6-16;/h7-10,16,19H,1-6,11-13H2,(H,20,21);1H. The number of hydrogen-bond acceptors (Lipinski definition) is 2. The Hall–Kier alpha value is -0.770. The van der Waals surface area contributed by atoms with Gasteiger partial charge < -0.3 is 10.6 Å². The third kappa shape index (κ3) is 7.48. The summed E-state index contributed by atoms with van der Waals surface area (Å²) in [5.41, 5.74) is 0.994. The van der Waals surface area contributed by atoms with Crippen molar-refractivity contribution in [1.82, 2.24) is 10.6 Å². The molecule has 0 aromatic heterocycles. The van der Waals surface area contributed by atoms with Gasteiger partial charge in [0, 0.05) is 24.2 Å². The molecule has 0 unspecified atom stereocenters. The molecule has 0 atom stereocenters. The maximum Gasteiger partial charge on any atom is 0.224 e. The summed E-state index contributed by atoms with van der Waals surface area (Å²) in [5, 5.41) is 7.22. The maximum absolute atomic E-state index is 11.8. The van der Waals surface area contributed by atoms with Crippen LogP contribution >= 0.6 is 24.0 Å². The van der Waals surface area contributed by atoms with Gasteiger partial charge in [-0.05, 0) is 30.5 Å². The van der Waals surface area contributed by atoms with Crippen molar-refractivity contribution in [2.45, 2.75) is 51.0 Å². The molecule has 1 saturated carbocycles. The van der Waals surface area contributed by atoms with Gasteiger partial charge in [-0.3, -0.25) is 4.79 Å². The van der Waals surface area contributed by atoms with Gasteiger partial charge in [-0.25, -0.2) is 0 Å². The molecule has 1 fully saturated rings. The van der Waals surface area contributed by atoms with Crippen LogP contribution in [0, 0.1) is 0 Å². The summed E-state index contributed by atoms with van der Waals surface area (Å²) in [7, 11) is 0. The Labute approximate surface area is 144 Å². The minimum atomic E-state index is 0. The van der Waals surface area contributed by atoms with Gasteiger partial charge in [0.25, 0.3) is 0 Å². The van der Waals surface area contributed by atoms with Gasteiger partial charge in [0.05, 0.1) is 6.42 Å². The highest BCUT2D eigenvalue weighted by atomic mass is 35.5. The van der Waals surface area contributed by atoms with Gasteiger partial charge in [0.1, 0.15) is 0 Å². The predicted molar refractivity (Wildman–Crippen MR) is 94.9 cm³/mol. The maximum atomic E-state index is 11.8. The molecule has 0 bridgehead atoms. The molecule has 2 rings (SSSR count). The van der Waals surface area contributed by atoms with Crippen LogP contribution in [0.25, 0.3) is 0 Å². The Morgan fingerprint density at radius 3 is 2.32 bits per heavy atom. The molecule has 1 aromatic rings. The quantitative estimate of drug-likeness (QED) is 0.609. The van der Waals surface area contributed by atoms with Gasteiger partial charge in [-0.15, -0.1) is 12.4 Å². The van der Waals surface area contributed by atoms with Crippen molar-refractivity contribution >= 4 is 29.9 Å². The summed E-state index contributed by atoms with van der Waals surface area (Å²) in [6, 6.07) is 8.06. The van der Waals surface area contributed by atoms with Gasteiger partial charge in [0.15, 0.2) is 0 Å². The van der Waals surface area contributed by atoms with Crippen molar-refractivity contribution in [3.63, 3.8) is 0 Å². The van der Waals surface area contributed by atoms with Gasteiger partial charge >= 0.3 is 0 Å². The first-order valence-electron chi connectivity index (χ1n) is 7.98. The summed E-state index contributed by atoms with van der Waals surface area (Å²) >= 11 is 5.83. The summed E-state index contributed by atoms with van der Waals surface area (Å²) < 4.78 is 0. The van der Waals surface area contributed by atoms with Crippen LogP contribution in [0.15, 0.2) is 24.3 Å². The van der Waals surface area contributed by atoms with Gasteiger partial charge in [0.2, 0.25) is 5.91 Å². The fraction of sp³-hybridized carbons (Fsp3) is 0.588. The summed E-state index contributed by atoms with van der Waals surface area (Å²) in [6.45, 7) is 1.56. The van der Waals surface area contributed by atoms with Crippen LogP contribution in [0.1, 0.15) is 44.1 Å². The third-order valence-electron chi connectivity index (χ3n) is 4.01. The highest BCUT2D eigenvalue weighted by molar-refractivity contribution is 6.30. The van der Waals surface area contributed by atoms with Crippen LogP contribution in [0.5, 0.6) is 0 Å². The second-order valence-corrected chi connectivity index (χ2v) is 6.23. The zero-order chi connectivity index (χ0) is 14.9. The van der Waals surface area contributed by atoms with E-state index in [4.69, 9.17) is 11.6 Å². The average Bonchev–Trinajstić information content (AvgIpc) is 2.75. The molecule has 124 valence electrons. The molecule has 1 aromatic carbocycles. The summed E-state index contributed by atoms with van der Waals surface area (Å²) in [5.74, 6) is 0.0694. The van der Waals surface area contributed by atoms with E-state index in [1.54, 1.807) is 0 Å². The molecule has 5 heteroatoms. The zero-order valence-electron chi connectivity index (χ0n) is 12.9. The van der Waals surface area contributed by atoms with Crippen LogP contribution in [0.4, 0.5) is 0 Å².